The van der Waals surface area contributed by atoms with Crippen LogP contribution >= 0.6 is 15.9 Å². The van der Waals surface area contributed by atoms with Gasteiger partial charge in [-0.05, 0) is 204 Å². The van der Waals surface area contributed by atoms with Crippen LogP contribution in [0.25, 0.3) is 21.8 Å². The van der Waals surface area contributed by atoms with Crippen LogP contribution in [-0.2, 0) is 53.4 Å². The molecule has 1 N–H and O–H groups in total. The summed E-state index contributed by atoms with van der Waals surface area (Å²) in [7, 11) is -1.39. The van der Waals surface area contributed by atoms with E-state index >= 15 is 0 Å². The predicted molar refractivity (Wildman–Crippen MR) is 308 cm³/mol. The van der Waals surface area contributed by atoms with Crippen molar-refractivity contribution in [3.63, 3.8) is 0 Å². The number of likely N-dealkylation sites (tertiary alicyclic amines) is 2. The van der Waals surface area contributed by atoms with Gasteiger partial charge < -0.3 is 42.7 Å². The number of pyridine rings is 2. The topological polar surface area (TPSA) is 186 Å². The van der Waals surface area contributed by atoms with E-state index in [1.165, 1.54) is 4.90 Å². The van der Waals surface area contributed by atoms with Crippen LogP contribution in [0.1, 0.15) is 156 Å². The number of nitrogens with one attached hydrogen (secondary N) is 1. The average Bonchev–Trinajstić information content (AvgIpc) is 4.23. The highest BCUT2D eigenvalue weighted by Crippen LogP contribution is 2.43. The molecule has 4 aromatic rings. The highest BCUT2D eigenvalue weighted by Gasteiger charge is 2.64. The largest absolute Gasteiger partial charge is 0.494 e. The van der Waals surface area contributed by atoms with E-state index in [0.717, 1.165) is 44.6 Å². The van der Waals surface area contributed by atoms with Crippen molar-refractivity contribution in [2.45, 2.75) is 214 Å². The fraction of sp³-hybridized carbons (Fsp3) is 0.614. The molecule has 0 spiro atoms. The number of anilines is 1. The molecule has 5 aliphatic rings. The van der Waals surface area contributed by atoms with E-state index in [0.29, 0.717) is 37.4 Å². The van der Waals surface area contributed by atoms with Gasteiger partial charge in [0, 0.05) is 28.6 Å². The molecule has 0 bridgehead atoms. The lowest BCUT2D eigenvalue weighted by Crippen LogP contribution is -2.45. The van der Waals surface area contributed by atoms with E-state index in [9.17, 15) is 19.2 Å². The lowest BCUT2D eigenvalue weighted by Gasteiger charge is -2.32. The van der Waals surface area contributed by atoms with Gasteiger partial charge >= 0.3 is 33.3 Å². The van der Waals surface area contributed by atoms with Gasteiger partial charge in [0.05, 0.1) is 57.1 Å². The van der Waals surface area contributed by atoms with Crippen LogP contribution in [0.3, 0.4) is 0 Å². The first-order valence-electron chi connectivity index (χ1n) is 27.2. The molecule has 422 valence electrons. The molecule has 3 amide bonds. The van der Waals surface area contributed by atoms with E-state index in [4.69, 9.17) is 42.4 Å². The van der Waals surface area contributed by atoms with Gasteiger partial charge in [-0.2, -0.15) is 0 Å². The summed E-state index contributed by atoms with van der Waals surface area (Å²) in [6.07, 6.45) is 2.14. The third-order valence-electron chi connectivity index (χ3n) is 15.8. The molecule has 2 aromatic carbocycles. The number of fused-ring (bicyclic) bond motifs is 2. The standard InChI is InChI=1S/C26H35BN2O5.C19H22BrN3O3.C12H24B2O4/c1-24(2,3)32-23(31)29-14-8-9-21(29)22(30)16-19-12-10-17-15-18(11-13-20(17)28-19)27-33-25(4,5)26(6,7)34-27;1-19(2,3)26-18(25)23-10-4-5-15(23)17(24)22-16-9-6-12-11-13(20)7-8-14(12)21-16;1-9(2)10(3,4)16-13(15-9)14-17-11(5,6)12(7,8)18-14/h10-13,15,21H,8-9,14,16H2,1-7H3;6-9,11,15H,4-5,10H2,1-3H3,(H,21,22,24);1-8H3/t21-;15-;/m10./s1. The van der Waals surface area contributed by atoms with Crippen LogP contribution in [0.5, 0.6) is 0 Å². The van der Waals surface area contributed by atoms with Gasteiger partial charge in [0.25, 0.3) is 0 Å². The van der Waals surface area contributed by atoms with Crippen LogP contribution < -0.4 is 10.8 Å². The molecule has 21 heteroatoms. The monoisotopic (exact) mass is 1140 g/mol. The van der Waals surface area contributed by atoms with Gasteiger partial charge in [0.1, 0.15) is 23.1 Å². The van der Waals surface area contributed by atoms with Crippen LogP contribution in [0.4, 0.5) is 15.4 Å². The number of aromatic nitrogens is 2. The third kappa shape index (κ3) is 14.1. The van der Waals surface area contributed by atoms with Crippen molar-refractivity contribution in [3.8, 4) is 0 Å². The third-order valence-corrected chi connectivity index (χ3v) is 16.2. The van der Waals surface area contributed by atoms with Gasteiger partial charge in [0.2, 0.25) is 5.91 Å². The summed E-state index contributed by atoms with van der Waals surface area (Å²) in [5, 5.41) is 4.77. The molecule has 0 unspecified atom stereocenters. The highest BCUT2D eigenvalue weighted by atomic mass is 79.9. The molecule has 0 aliphatic carbocycles. The Balaban J connectivity index is 0.000000178. The predicted octanol–water partition coefficient (Wildman–Crippen LogP) is 10.6. The molecule has 5 fully saturated rings. The molecule has 2 aromatic heterocycles. The van der Waals surface area contributed by atoms with E-state index in [-0.39, 0.29) is 40.5 Å². The number of amides is 3. The molecular formula is C57H81B3BrN5O12. The number of benzene rings is 2. The number of carbonyl (C=O) groups is 4. The summed E-state index contributed by atoms with van der Waals surface area (Å²) in [4.78, 5) is 62.8. The molecule has 9 rings (SSSR count). The Morgan fingerprint density at radius 1 is 0.590 bits per heavy atom. The number of carbonyl (C=O) groups excluding carboxylic acids is 4. The second-order valence-corrected chi connectivity index (χ2v) is 26.8. The fourth-order valence-electron chi connectivity index (χ4n) is 9.30. The summed E-state index contributed by atoms with van der Waals surface area (Å²) in [5.74, 6) is 0.224. The Morgan fingerprint density at radius 3 is 1.54 bits per heavy atom. The number of hydrogen-bond acceptors (Lipinski definition) is 14. The SMILES string of the molecule is CC(C)(C)OC(=O)N1CCC[C@@H]1C(=O)Cc1ccc2cc(B3OC(C)(C)C(C)(C)O3)ccc2n1.CC(C)(C)OC(=O)N1CCC[C@H]1C(=O)Nc1ccc2cc(Br)ccc2n1.CC1(C)OB(B2OC(C)(C)C(C)(C)O2)OC1(C)C. The zero-order chi connectivity index (χ0) is 57.8. The first kappa shape index (κ1) is 61.0. The Morgan fingerprint density at radius 2 is 1.03 bits per heavy atom. The average molecular weight is 1140 g/mol. The number of Topliss-reactive ketones (excluding diaryl/α,β-unsaturated/α-hetero) is 1. The van der Waals surface area contributed by atoms with E-state index in [1.807, 2.05) is 179 Å². The van der Waals surface area contributed by atoms with Gasteiger partial charge in [0.15, 0.2) is 5.78 Å². The molecule has 7 heterocycles. The molecular weight excluding hydrogens is 1060 g/mol. The molecule has 5 saturated heterocycles. The first-order chi connectivity index (χ1) is 35.9. The molecule has 0 saturated carbocycles. The number of rotatable bonds is 7. The highest BCUT2D eigenvalue weighted by molar-refractivity contribution is 9.10. The van der Waals surface area contributed by atoms with Crippen LogP contribution in [0.15, 0.2) is 65.1 Å². The Bertz CT molecular complexity index is 2810. The van der Waals surface area contributed by atoms with Crippen molar-refractivity contribution in [2.24, 2.45) is 0 Å². The maximum absolute atomic E-state index is 13.1. The zero-order valence-electron chi connectivity index (χ0n) is 49.2. The quantitative estimate of drug-likeness (QED) is 0.172. The second kappa shape index (κ2) is 22.4. The van der Waals surface area contributed by atoms with Crippen molar-refractivity contribution in [1.29, 1.82) is 0 Å². The lowest BCUT2D eigenvalue weighted by atomic mass is 9.49. The van der Waals surface area contributed by atoms with E-state index in [1.54, 1.807) is 11.0 Å². The lowest BCUT2D eigenvalue weighted by molar-refractivity contribution is -0.122. The van der Waals surface area contributed by atoms with Crippen molar-refractivity contribution < 1.29 is 56.6 Å². The molecule has 5 aliphatic heterocycles. The molecule has 78 heavy (non-hydrogen) atoms. The smallest absolute Gasteiger partial charge is 0.444 e. The number of ketones is 1. The van der Waals surface area contributed by atoms with Crippen LogP contribution in [0, 0.1) is 0 Å². The summed E-state index contributed by atoms with van der Waals surface area (Å²) < 4.78 is 48.0. The minimum Gasteiger partial charge on any atom is -0.444 e. The number of nitrogens with zero attached hydrogens (tertiary/aromatic N) is 4. The second-order valence-electron chi connectivity index (χ2n) is 25.9. The maximum atomic E-state index is 13.1. The van der Waals surface area contributed by atoms with Crippen molar-refractivity contribution in [3.05, 3.63) is 70.8 Å². The summed E-state index contributed by atoms with van der Waals surface area (Å²) in [6, 6.07) is 18.2. The summed E-state index contributed by atoms with van der Waals surface area (Å²) in [5.41, 5.74) is -0.188. The zero-order valence-corrected chi connectivity index (χ0v) is 50.8. The van der Waals surface area contributed by atoms with E-state index in [2.05, 4.69) is 26.2 Å². The number of halogens is 1. The first-order valence-corrected chi connectivity index (χ1v) is 28.0. The molecule has 17 nitrogen and oxygen atoms in total. The Hall–Kier alpha value is -4.63. The molecule has 2 atom stereocenters. The Kier molecular flexibility index (Phi) is 17.5. The fourth-order valence-corrected chi connectivity index (χ4v) is 9.68. The number of ether oxygens (including phenoxy) is 2. The molecule has 0 radical (unpaired) electrons. The summed E-state index contributed by atoms with van der Waals surface area (Å²) in [6.45, 7) is 36.3. The van der Waals surface area contributed by atoms with Crippen molar-refractivity contribution in [2.75, 3.05) is 18.4 Å². The van der Waals surface area contributed by atoms with Gasteiger partial charge in [-0.3, -0.25) is 24.4 Å². The van der Waals surface area contributed by atoms with Gasteiger partial charge in [-0.1, -0.05) is 34.1 Å². The van der Waals surface area contributed by atoms with Crippen LogP contribution in [0.2, 0.25) is 0 Å². The van der Waals surface area contributed by atoms with E-state index < -0.39 is 67.8 Å². The van der Waals surface area contributed by atoms with Crippen molar-refractivity contribution >= 4 is 94.0 Å². The van der Waals surface area contributed by atoms with Gasteiger partial charge in [-0.15, -0.1) is 0 Å². The minimum absolute atomic E-state index is 0.0101. The van der Waals surface area contributed by atoms with Gasteiger partial charge in [-0.25, -0.2) is 14.6 Å². The number of hydrogen-bond donors (Lipinski definition) is 1. The van der Waals surface area contributed by atoms with Crippen LogP contribution in [-0.4, -0.2) is 135 Å². The normalized spacial score (nSPS) is 22.7. The van der Waals surface area contributed by atoms with Crippen molar-refractivity contribution in [1.82, 2.24) is 19.8 Å². The minimum atomic E-state index is -0.591. The maximum Gasteiger partial charge on any atom is 0.494 e. The Labute approximate surface area is 471 Å². The summed E-state index contributed by atoms with van der Waals surface area (Å²) >= 11 is 3.43.